The molecule has 3 aliphatic heterocycles. The van der Waals surface area contributed by atoms with E-state index in [1.807, 2.05) is 18.2 Å². The molecule has 28 heavy (non-hydrogen) atoms. The maximum Gasteiger partial charge on any atom is 0.257 e. The molecule has 1 fully saturated rings. The number of piperidine rings is 1. The van der Waals surface area contributed by atoms with E-state index < -0.39 is 6.04 Å². The fourth-order valence-corrected chi connectivity index (χ4v) is 4.83. The van der Waals surface area contributed by atoms with Gasteiger partial charge in [-0.25, -0.2) is 0 Å². The summed E-state index contributed by atoms with van der Waals surface area (Å²) in [5.74, 6) is -0.176. The van der Waals surface area contributed by atoms with Crippen molar-refractivity contribution in [2.24, 2.45) is 5.92 Å². The van der Waals surface area contributed by atoms with Gasteiger partial charge in [0.25, 0.3) is 11.5 Å². The number of hydrogen-bond acceptors (Lipinski definition) is 4. The second kappa shape index (κ2) is 6.51. The molecule has 0 spiro atoms. The van der Waals surface area contributed by atoms with Crippen LogP contribution >= 0.6 is 0 Å². The Kier molecular flexibility index (Phi) is 3.96. The Morgan fingerprint density at radius 3 is 2.61 bits per heavy atom. The van der Waals surface area contributed by atoms with Gasteiger partial charge in [-0.2, -0.15) is 0 Å². The van der Waals surface area contributed by atoms with Crippen LogP contribution in [-0.4, -0.2) is 52.4 Å². The quantitative estimate of drug-likeness (QED) is 0.744. The average Bonchev–Trinajstić information content (AvgIpc) is 3.42. The molecule has 2 aromatic rings. The molecule has 7 heteroatoms. The van der Waals surface area contributed by atoms with Gasteiger partial charge in [0.05, 0.1) is 11.8 Å². The Labute approximate surface area is 161 Å². The second-order valence-corrected chi connectivity index (χ2v) is 7.73. The number of carbonyl (C=O) groups is 2. The first kappa shape index (κ1) is 17.0. The van der Waals surface area contributed by atoms with Crippen LogP contribution in [0.2, 0.25) is 0 Å². The summed E-state index contributed by atoms with van der Waals surface area (Å²) in [6.45, 7) is 2.13. The molecule has 2 bridgehead atoms. The van der Waals surface area contributed by atoms with Crippen LogP contribution in [0.3, 0.4) is 0 Å². The predicted molar refractivity (Wildman–Crippen MR) is 101 cm³/mol. The smallest absolute Gasteiger partial charge is 0.257 e. The molecule has 144 valence electrons. The van der Waals surface area contributed by atoms with Crippen LogP contribution in [0.4, 0.5) is 0 Å². The zero-order valence-electron chi connectivity index (χ0n) is 15.4. The fourth-order valence-electron chi connectivity index (χ4n) is 4.83. The summed E-state index contributed by atoms with van der Waals surface area (Å²) >= 11 is 0. The van der Waals surface area contributed by atoms with Gasteiger partial charge < -0.3 is 14.2 Å². The number of fused-ring (bicyclic) bond motifs is 4. The number of aromatic nitrogens is 1. The topological polar surface area (TPSA) is 75.8 Å². The third kappa shape index (κ3) is 2.61. The van der Waals surface area contributed by atoms with E-state index in [0.717, 1.165) is 12.1 Å². The van der Waals surface area contributed by atoms with Gasteiger partial charge in [0, 0.05) is 49.8 Å². The standard InChI is InChI=1S/C21H21N3O4/c25-18-5-3-4-17-15-10-16(12-23(11-15)20(26)14-6-9-28-13-14)19(24(17)18)21(27)22-7-1-2-8-22/h1-6,9,13,15-16,19H,7-8,10-12H2/t15-,16+,19+/m0/s1. The van der Waals surface area contributed by atoms with Crippen LogP contribution in [0.25, 0.3) is 0 Å². The molecule has 0 aromatic carbocycles. The van der Waals surface area contributed by atoms with E-state index in [4.69, 9.17) is 4.42 Å². The van der Waals surface area contributed by atoms with E-state index in [-0.39, 0.29) is 29.2 Å². The summed E-state index contributed by atoms with van der Waals surface area (Å²) in [7, 11) is 0. The van der Waals surface area contributed by atoms with Gasteiger partial charge in [0.15, 0.2) is 0 Å². The van der Waals surface area contributed by atoms with Crippen LogP contribution in [-0.2, 0) is 4.79 Å². The van der Waals surface area contributed by atoms with Crippen molar-refractivity contribution in [1.29, 1.82) is 0 Å². The van der Waals surface area contributed by atoms with Crippen LogP contribution in [0, 0.1) is 5.92 Å². The highest BCUT2D eigenvalue weighted by atomic mass is 16.3. The predicted octanol–water partition coefficient (Wildman–Crippen LogP) is 1.64. The lowest BCUT2D eigenvalue weighted by Gasteiger charge is -2.46. The van der Waals surface area contributed by atoms with Gasteiger partial charge in [0.1, 0.15) is 12.3 Å². The van der Waals surface area contributed by atoms with Crippen molar-refractivity contribution in [2.45, 2.75) is 18.4 Å². The Bertz CT molecular complexity index is 999. The van der Waals surface area contributed by atoms with Gasteiger partial charge in [-0.3, -0.25) is 19.0 Å². The summed E-state index contributed by atoms with van der Waals surface area (Å²) in [5, 5.41) is 0. The number of nitrogens with zero attached hydrogens (tertiary/aromatic N) is 3. The van der Waals surface area contributed by atoms with Gasteiger partial charge >= 0.3 is 0 Å². The van der Waals surface area contributed by atoms with E-state index in [9.17, 15) is 14.4 Å². The molecule has 1 saturated heterocycles. The summed E-state index contributed by atoms with van der Waals surface area (Å²) in [6.07, 6.45) is 7.67. The van der Waals surface area contributed by atoms with Gasteiger partial charge in [0.2, 0.25) is 5.91 Å². The number of rotatable bonds is 2. The largest absolute Gasteiger partial charge is 0.472 e. The van der Waals surface area contributed by atoms with Crippen molar-refractivity contribution < 1.29 is 14.0 Å². The Morgan fingerprint density at radius 2 is 1.86 bits per heavy atom. The second-order valence-electron chi connectivity index (χ2n) is 7.73. The molecule has 7 nitrogen and oxygen atoms in total. The highest BCUT2D eigenvalue weighted by molar-refractivity contribution is 5.94. The van der Waals surface area contributed by atoms with Crippen LogP contribution in [0.1, 0.15) is 34.4 Å². The van der Waals surface area contributed by atoms with Crippen molar-refractivity contribution in [3.05, 3.63) is 70.6 Å². The summed E-state index contributed by atoms with van der Waals surface area (Å²) in [5.41, 5.74) is 1.21. The summed E-state index contributed by atoms with van der Waals surface area (Å²) < 4.78 is 6.74. The maximum atomic E-state index is 13.3. The van der Waals surface area contributed by atoms with E-state index in [1.54, 1.807) is 26.5 Å². The molecular weight excluding hydrogens is 358 g/mol. The first-order valence-corrected chi connectivity index (χ1v) is 9.60. The van der Waals surface area contributed by atoms with E-state index >= 15 is 0 Å². The van der Waals surface area contributed by atoms with E-state index in [0.29, 0.717) is 31.7 Å². The number of furan rings is 1. The lowest BCUT2D eigenvalue weighted by molar-refractivity contribution is -0.136. The SMILES string of the molecule is O=C(c1ccoc1)N1C[C@@H]2C[C@H](C1)[C@H](C(=O)N1CC=CC1)n1c2cccc1=O. The van der Waals surface area contributed by atoms with Crippen molar-refractivity contribution in [2.75, 3.05) is 26.2 Å². The monoisotopic (exact) mass is 379 g/mol. The number of amides is 2. The molecular formula is C21H21N3O4. The molecule has 5 heterocycles. The van der Waals surface area contributed by atoms with Crippen molar-refractivity contribution in [1.82, 2.24) is 14.4 Å². The van der Waals surface area contributed by atoms with Crippen LogP contribution in [0.15, 0.2) is 58.2 Å². The van der Waals surface area contributed by atoms with Gasteiger partial charge in [-0.05, 0) is 18.6 Å². The molecule has 0 N–H and O–H groups in total. The number of carbonyl (C=O) groups excluding carboxylic acids is 2. The Balaban J connectivity index is 1.54. The molecule has 0 aliphatic carbocycles. The summed E-state index contributed by atoms with van der Waals surface area (Å²) in [4.78, 5) is 42.5. The fraction of sp³-hybridized carbons (Fsp3) is 0.381. The molecule has 0 radical (unpaired) electrons. The Hall–Kier alpha value is -3.09. The lowest BCUT2D eigenvalue weighted by Crippen LogP contribution is -2.54. The zero-order chi connectivity index (χ0) is 19.3. The third-order valence-electron chi connectivity index (χ3n) is 6.09. The molecule has 0 saturated carbocycles. The summed E-state index contributed by atoms with van der Waals surface area (Å²) in [6, 6.07) is 6.26. The minimum Gasteiger partial charge on any atom is -0.472 e. The number of hydrogen-bond donors (Lipinski definition) is 0. The number of likely N-dealkylation sites (tertiary alicyclic amines) is 1. The minimum absolute atomic E-state index is 0.0411. The molecule has 3 aliphatic rings. The zero-order valence-corrected chi connectivity index (χ0v) is 15.4. The highest BCUT2D eigenvalue weighted by Crippen LogP contribution is 2.42. The third-order valence-corrected chi connectivity index (χ3v) is 6.09. The lowest BCUT2D eigenvalue weighted by atomic mass is 9.77. The van der Waals surface area contributed by atoms with Crippen molar-refractivity contribution in [3.8, 4) is 0 Å². The van der Waals surface area contributed by atoms with E-state index in [2.05, 4.69) is 0 Å². The average molecular weight is 379 g/mol. The van der Waals surface area contributed by atoms with Crippen LogP contribution < -0.4 is 5.56 Å². The normalized spacial score (nSPS) is 25.6. The highest BCUT2D eigenvalue weighted by Gasteiger charge is 2.46. The van der Waals surface area contributed by atoms with Gasteiger partial charge in [-0.1, -0.05) is 18.2 Å². The maximum absolute atomic E-state index is 13.3. The first-order chi connectivity index (χ1) is 13.6. The Morgan fingerprint density at radius 1 is 1.04 bits per heavy atom. The molecule has 0 unspecified atom stereocenters. The minimum atomic E-state index is -0.570. The molecule has 3 atom stereocenters. The van der Waals surface area contributed by atoms with Crippen molar-refractivity contribution in [3.63, 3.8) is 0 Å². The molecule has 2 aromatic heterocycles. The van der Waals surface area contributed by atoms with E-state index in [1.165, 1.54) is 18.6 Å². The number of pyridine rings is 1. The first-order valence-electron chi connectivity index (χ1n) is 9.60. The molecule has 5 rings (SSSR count). The van der Waals surface area contributed by atoms with Crippen molar-refractivity contribution >= 4 is 11.8 Å². The van der Waals surface area contributed by atoms with Crippen LogP contribution in [0.5, 0.6) is 0 Å². The van der Waals surface area contributed by atoms with Gasteiger partial charge in [-0.15, -0.1) is 0 Å². The molecule has 2 amide bonds.